The van der Waals surface area contributed by atoms with E-state index < -0.39 is 5.97 Å². The molecule has 0 aliphatic heterocycles. The van der Waals surface area contributed by atoms with Crippen LogP contribution >= 0.6 is 23.5 Å². The summed E-state index contributed by atoms with van der Waals surface area (Å²) in [4.78, 5) is 22.9. The van der Waals surface area contributed by atoms with E-state index in [9.17, 15) is 9.59 Å². The number of carbonyl (C=O) groups excluding carboxylic acids is 2. The quantitative estimate of drug-likeness (QED) is 0.391. The molecular weight excluding hydrogens is 394 g/mol. The molecule has 1 aromatic rings. The van der Waals surface area contributed by atoms with E-state index in [1.54, 1.807) is 6.92 Å². The number of nitriles is 1. The van der Waals surface area contributed by atoms with Gasteiger partial charge in [-0.25, -0.2) is 4.79 Å². The number of nitrogens with one attached hydrogen (secondary N) is 2. The highest BCUT2D eigenvalue weighted by atomic mass is 32.2. The average molecular weight is 422 g/mol. The molecule has 0 saturated heterocycles. The van der Waals surface area contributed by atoms with E-state index >= 15 is 0 Å². The Bertz CT molecular complexity index is 762. The lowest BCUT2D eigenvalue weighted by atomic mass is 10.1. The Hall–Kier alpha value is -2.11. The zero-order valence-electron chi connectivity index (χ0n) is 16.9. The van der Waals surface area contributed by atoms with E-state index in [1.165, 1.54) is 23.5 Å². The topological polar surface area (TPSA) is 91.2 Å². The molecule has 2 N–H and O–H groups in total. The Morgan fingerprint density at radius 1 is 1.29 bits per heavy atom. The van der Waals surface area contributed by atoms with Crippen molar-refractivity contribution < 1.29 is 14.3 Å². The number of anilines is 1. The Balaban J connectivity index is 0.000000284. The maximum Gasteiger partial charge on any atom is 0.350 e. The molecule has 1 fully saturated rings. The van der Waals surface area contributed by atoms with E-state index in [0.717, 1.165) is 29.7 Å². The van der Waals surface area contributed by atoms with Gasteiger partial charge >= 0.3 is 5.97 Å². The number of esters is 1. The van der Waals surface area contributed by atoms with Gasteiger partial charge in [0.2, 0.25) is 0 Å². The van der Waals surface area contributed by atoms with Crippen molar-refractivity contribution in [2.75, 3.05) is 31.5 Å². The van der Waals surface area contributed by atoms with Crippen LogP contribution in [0, 0.1) is 18.3 Å². The van der Waals surface area contributed by atoms with Gasteiger partial charge < -0.3 is 15.4 Å². The summed E-state index contributed by atoms with van der Waals surface area (Å²) in [7, 11) is 1.87. The third kappa shape index (κ3) is 7.49. The number of hydrogen-bond acceptors (Lipinski definition) is 7. The number of aryl methyl sites for hydroxylation is 1. The highest BCUT2D eigenvalue weighted by molar-refractivity contribution is 8.21. The van der Waals surface area contributed by atoms with Gasteiger partial charge in [0.25, 0.3) is 5.91 Å². The summed E-state index contributed by atoms with van der Waals surface area (Å²) in [5.41, 5.74) is 3.00. The fourth-order valence-electron chi connectivity index (χ4n) is 2.19. The van der Waals surface area contributed by atoms with Crippen molar-refractivity contribution in [1.82, 2.24) is 5.32 Å². The third-order valence-corrected chi connectivity index (χ3v) is 6.00. The van der Waals surface area contributed by atoms with E-state index in [0.29, 0.717) is 16.9 Å². The van der Waals surface area contributed by atoms with E-state index in [4.69, 9.17) is 10.00 Å². The predicted octanol–water partition coefficient (Wildman–Crippen LogP) is 3.94. The molecular formula is C20H27N3O3S2. The lowest BCUT2D eigenvalue weighted by Gasteiger charge is -2.08. The van der Waals surface area contributed by atoms with E-state index in [-0.39, 0.29) is 11.5 Å². The fourth-order valence-corrected chi connectivity index (χ4v) is 3.53. The monoisotopic (exact) mass is 421 g/mol. The maximum atomic E-state index is 11.7. The summed E-state index contributed by atoms with van der Waals surface area (Å²) in [6, 6.07) is 8.00. The summed E-state index contributed by atoms with van der Waals surface area (Å²) in [5, 5.41) is 14.8. The van der Waals surface area contributed by atoms with E-state index in [2.05, 4.69) is 10.6 Å². The molecule has 0 spiro atoms. The molecule has 0 unspecified atom stereocenters. The molecule has 1 saturated carbocycles. The number of rotatable bonds is 7. The molecule has 0 atom stereocenters. The Morgan fingerprint density at radius 3 is 2.39 bits per heavy atom. The van der Waals surface area contributed by atoms with Crippen LogP contribution in [0.15, 0.2) is 28.0 Å². The molecule has 0 heterocycles. The zero-order chi connectivity index (χ0) is 21.1. The molecule has 0 aromatic heterocycles. The van der Waals surface area contributed by atoms with Gasteiger partial charge in [0, 0.05) is 24.3 Å². The minimum Gasteiger partial charge on any atom is -0.462 e. The van der Waals surface area contributed by atoms with Crippen molar-refractivity contribution in [3.63, 3.8) is 0 Å². The van der Waals surface area contributed by atoms with Crippen LogP contribution in [0.3, 0.4) is 0 Å². The molecule has 1 amide bonds. The van der Waals surface area contributed by atoms with E-state index in [1.807, 2.05) is 50.8 Å². The summed E-state index contributed by atoms with van der Waals surface area (Å²) < 4.78 is 5.43. The number of thioether (sulfide) groups is 2. The summed E-state index contributed by atoms with van der Waals surface area (Å²) >= 11 is 2.75. The van der Waals surface area contributed by atoms with Gasteiger partial charge in [0.15, 0.2) is 5.57 Å². The van der Waals surface area contributed by atoms with Gasteiger partial charge in [-0.3, -0.25) is 4.79 Å². The molecule has 0 radical (unpaired) electrons. The van der Waals surface area contributed by atoms with Gasteiger partial charge in [-0.2, -0.15) is 5.26 Å². The first-order valence-corrected chi connectivity index (χ1v) is 11.3. The van der Waals surface area contributed by atoms with Crippen molar-refractivity contribution in [3.8, 4) is 6.07 Å². The molecule has 1 aliphatic carbocycles. The van der Waals surface area contributed by atoms with Crippen molar-refractivity contribution in [1.29, 1.82) is 5.26 Å². The van der Waals surface area contributed by atoms with Gasteiger partial charge in [0.1, 0.15) is 6.07 Å². The second kappa shape index (κ2) is 12.4. The van der Waals surface area contributed by atoms with Crippen LogP contribution < -0.4 is 10.6 Å². The predicted molar refractivity (Wildman–Crippen MR) is 118 cm³/mol. The maximum absolute atomic E-state index is 11.7. The van der Waals surface area contributed by atoms with Gasteiger partial charge in [-0.1, -0.05) is 6.07 Å². The Labute approximate surface area is 175 Å². The molecule has 1 aromatic carbocycles. The van der Waals surface area contributed by atoms with Crippen molar-refractivity contribution in [2.45, 2.75) is 32.7 Å². The van der Waals surface area contributed by atoms with Crippen molar-refractivity contribution in [2.24, 2.45) is 0 Å². The Morgan fingerprint density at radius 2 is 1.93 bits per heavy atom. The number of amides is 1. The lowest BCUT2D eigenvalue weighted by Crippen LogP contribution is -2.25. The van der Waals surface area contributed by atoms with Crippen LogP contribution in [0.25, 0.3) is 0 Å². The molecule has 2 rings (SSSR count). The zero-order valence-corrected chi connectivity index (χ0v) is 18.6. The van der Waals surface area contributed by atoms with Gasteiger partial charge in [0.05, 0.1) is 10.8 Å². The molecule has 8 heteroatoms. The molecule has 1 aliphatic rings. The number of carbonyl (C=O) groups is 2. The van der Waals surface area contributed by atoms with Crippen molar-refractivity contribution in [3.05, 3.63) is 39.1 Å². The van der Waals surface area contributed by atoms with Crippen LogP contribution in [-0.4, -0.2) is 44.1 Å². The number of ether oxygens (including phenoxy) is 1. The first-order chi connectivity index (χ1) is 13.4. The fraction of sp³-hybridized carbons (Fsp3) is 0.450. The average Bonchev–Trinajstić information content (AvgIpc) is 3.50. The normalized spacial score (nSPS) is 12.0. The highest BCUT2D eigenvalue weighted by Gasteiger charge is 2.23. The minimum absolute atomic E-state index is 0.0361. The SMILES string of the molecule is CCOC(=O)C(C#N)=C(SC)SC.CNc1cc(C(=O)NC2CC2)ccc1C. The smallest absolute Gasteiger partial charge is 0.350 e. The lowest BCUT2D eigenvalue weighted by molar-refractivity contribution is -0.138. The summed E-state index contributed by atoms with van der Waals surface area (Å²) in [6.45, 7) is 4.03. The second-order valence-corrected chi connectivity index (χ2v) is 7.82. The minimum atomic E-state index is -0.538. The first kappa shape index (κ1) is 23.9. The van der Waals surface area contributed by atoms with Crippen LogP contribution in [0.1, 0.15) is 35.7 Å². The Kier molecular flexibility index (Phi) is 10.6. The molecule has 6 nitrogen and oxygen atoms in total. The highest BCUT2D eigenvalue weighted by Crippen LogP contribution is 2.27. The van der Waals surface area contributed by atoms with Gasteiger partial charge in [-0.05, 0) is 56.9 Å². The van der Waals surface area contributed by atoms with Crippen LogP contribution in [0.4, 0.5) is 5.69 Å². The van der Waals surface area contributed by atoms with Crippen LogP contribution in [0.5, 0.6) is 0 Å². The molecule has 0 bridgehead atoms. The van der Waals surface area contributed by atoms with Crippen LogP contribution in [0.2, 0.25) is 0 Å². The molecule has 152 valence electrons. The number of benzene rings is 1. The summed E-state index contributed by atoms with van der Waals surface area (Å²) in [6.07, 6.45) is 5.89. The standard InChI is InChI=1S/C12H16N2O.C8H11NO2S2/c1-8-3-4-9(7-11(8)13-2)12(15)14-10-5-6-10;1-4-11-7(10)6(5-9)8(12-2)13-3/h3-4,7,10,13H,5-6H2,1-2H3,(H,14,15);4H2,1-3H3. The summed E-state index contributed by atoms with van der Waals surface area (Å²) in [5.74, 6) is -0.502. The van der Waals surface area contributed by atoms with Crippen LogP contribution in [-0.2, 0) is 9.53 Å². The van der Waals surface area contributed by atoms with Gasteiger partial charge in [-0.15, -0.1) is 23.5 Å². The first-order valence-electron chi connectivity index (χ1n) is 8.90. The number of hydrogen-bond donors (Lipinski definition) is 2. The largest absolute Gasteiger partial charge is 0.462 e. The second-order valence-electron chi connectivity index (χ2n) is 5.93. The number of nitrogens with zero attached hydrogens (tertiary/aromatic N) is 1. The van der Waals surface area contributed by atoms with Crippen molar-refractivity contribution >= 4 is 41.1 Å². The molecule has 28 heavy (non-hydrogen) atoms. The third-order valence-electron chi connectivity index (χ3n) is 3.85.